The van der Waals surface area contributed by atoms with Crippen molar-refractivity contribution < 1.29 is 17.9 Å². The van der Waals surface area contributed by atoms with Gasteiger partial charge in [0, 0.05) is 5.69 Å². The summed E-state index contributed by atoms with van der Waals surface area (Å²) in [5.74, 6) is 0.118. The molecule has 0 saturated heterocycles. The number of nitrogens with two attached hydrogens (primary N) is 1. The third kappa shape index (κ3) is 2.37. The van der Waals surface area contributed by atoms with E-state index in [4.69, 9.17) is 14.6 Å². The number of rotatable bonds is 3. The normalized spacial score (nSPS) is 11.2. The SMILES string of the molecule is COc1nc(C)cc(S(N)(=O)=O)c1OC. The summed E-state index contributed by atoms with van der Waals surface area (Å²) in [6.45, 7) is 1.64. The van der Waals surface area contributed by atoms with Gasteiger partial charge in [-0.3, -0.25) is 0 Å². The Morgan fingerprint density at radius 2 is 1.93 bits per heavy atom. The van der Waals surface area contributed by atoms with Crippen molar-refractivity contribution in [2.45, 2.75) is 11.8 Å². The van der Waals surface area contributed by atoms with Crippen LogP contribution in [0, 0.1) is 6.92 Å². The maximum atomic E-state index is 11.2. The first-order valence-corrected chi connectivity index (χ1v) is 5.57. The molecule has 7 heteroatoms. The molecule has 0 aliphatic rings. The van der Waals surface area contributed by atoms with Crippen LogP contribution in [-0.2, 0) is 10.0 Å². The number of primary sulfonamides is 1. The number of nitrogens with zero attached hydrogens (tertiary/aromatic N) is 1. The first-order chi connectivity index (χ1) is 6.90. The van der Waals surface area contributed by atoms with Gasteiger partial charge in [0.25, 0.3) is 5.88 Å². The van der Waals surface area contributed by atoms with Crippen molar-refractivity contribution >= 4 is 10.0 Å². The molecule has 15 heavy (non-hydrogen) atoms. The summed E-state index contributed by atoms with van der Waals surface area (Å²) < 4.78 is 32.3. The molecule has 1 aromatic rings. The van der Waals surface area contributed by atoms with E-state index in [9.17, 15) is 8.42 Å². The molecule has 6 nitrogen and oxygen atoms in total. The van der Waals surface area contributed by atoms with Crippen LogP contribution in [0.4, 0.5) is 0 Å². The van der Waals surface area contributed by atoms with Gasteiger partial charge in [0.05, 0.1) is 14.2 Å². The van der Waals surface area contributed by atoms with E-state index in [2.05, 4.69) is 4.98 Å². The van der Waals surface area contributed by atoms with Crippen molar-refractivity contribution in [1.82, 2.24) is 4.98 Å². The summed E-state index contributed by atoms with van der Waals surface area (Å²) >= 11 is 0. The highest BCUT2D eigenvalue weighted by Crippen LogP contribution is 2.31. The zero-order chi connectivity index (χ0) is 11.6. The van der Waals surface area contributed by atoms with Crippen molar-refractivity contribution in [3.8, 4) is 11.6 Å². The second-order valence-electron chi connectivity index (χ2n) is 2.85. The zero-order valence-corrected chi connectivity index (χ0v) is 9.46. The Balaban J connectivity index is 3.57. The van der Waals surface area contributed by atoms with Gasteiger partial charge in [-0.1, -0.05) is 0 Å². The number of aryl methyl sites for hydroxylation is 1. The average molecular weight is 232 g/mol. The number of methoxy groups -OCH3 is 2. The molecular formula is C8H12N2O4S. The highest BCUT2D eigenvalue weighted by atomic mass is 32.2. The van der Waals surface area contributed by atoms with Crippen LogP contribution in [0.1, 0.15) is 5.69 Å². The summed E-state index contributed by atoms with van der Waals surface area (Å²) in [5.41, 5.74) is 0.483. The second-order valence-corrected chi connectivity index (χ2v) is 4.38. The molecule has 0 unspecified atom stereocenters. The minimum atomic E-state index is -3.85. The van der Waals surface area contributed by atoms with E-state index in [1.807, 2.05) is 0 Å². The lowest BCUT2D eigenvalue weighted by Crippen LogP contribution is -2.14. The first kappa shape index (κ1) is 11.7. The van der Waals surface area contributed by atoms with Crippen LogP contribution in [0.3, 0.4) is 0 Å². The quantitative estimate of drug-likeness (QED) is 0.795. The summed E-state index contributed by atoms with van der Waals surface area (Å²) in [6, 6.07) is 1.33. The third-order valence-electron chi connectivity index (χ3n) is 1.74. The molecule has 0 spiro atoms. The topological polar surface area (TPSA) is 91.5 Å². The van der Waals surface area contributed by atoms with Crippen LogP contribution in [-0.4, -0.2) is 27.6 Å². The number of sulfonamides is 1. The van der Waals surface area contributed by atoms with Crippen molar-refractivity contribution in [3.63, 3.8) is 0 Å². The summed E-state index contributed by atoms with van der Waals surface area (Å²) in [7, 11) is -1.15. The lowest BCUT2D eigenvalue weighted by atomic mass is 10.3. The Bertz CT molecular complexity index is 470. The standard InChI is InChI=1S/C8H12N2O4S/c1-5-4-6(15(9,11)12)7(13-2)8(10-5)14-3/h4H,1-3H3,(H2,9,11,12). The number of aromatic nitrogens is 1. The van der Waals surface area contributed by atoms with E-state index in [1.54, 1.807) is 6.92 Å². The summed E-state index contributed by atoms with van der Waals surface area (Å²) in [4.78, 5) is 3.84. The predicted octanol–water partition coefficient (Wildman–Crippen LogP) is 0.0546. The van der Waals surface area contributed by atoms with E-state index < -0.39 is 10.0 Å². The van der Waals surface area contributed by atoms with Crippen LogP contribution < -0.4 is 14.6 Å². The third-order valence-corrected chi connectivity index (χ3v) is 2.66. The van der Waals surface area contributed by atoms with Crippen LogP contribution in [0.5, 0.6) is 11.6 Å². The average Bonchev–Trinajstić information content (AvgIpc) is 2.15. The zero-order valence-electron chi connectivity index (χ0n) is 8.64. The molecule has 1 aromatic heterocycles. The molecule has 0 radical (unpaired) electrons. The van der Waals surface area contributed by atoms with Gasteiger partial charge in [-0.15, -0.1) is 0 Å². The Morgan fingerprint density at radius 3 is 2.33 bits per heavy atom. The maximum absolute atomic E-state index is 11.2. The molecule has 0 aliphatic heterocycles. The van der Waals surface area contributed by atoms with Gasteiger partial charge in [0.2, 0.25) is 15.8 Å². The van der Waals surface area contributed by atoms with Gasteiger partial charge in [0.1, 0.15) is 4.90 Å². The van der Waals surface area contributed by atoms with Gasteiger partial charge in [-0.05, 0) is 13.0 Å². The lowest BCUT2D eigenvalue weighted by molar-refractivity contribution is 0.334. The van der Waals surface area contributed by atoms with Crippen LogP contribution in [0.2, 0.25) is 0 Å². The number of hydrogen-bond acceptors (Lipinski definition) is 5. The highest BCUT2D eigenvalue weighted by molar-refractivity contribution is 7.89. The Kier molecular flexibility index (Phi) is 3.15. The Hall–Kier alpha value is -1.34. The van der Waals surface area contributed by atoms with E-state index in [-0.39, 0.29) is 16.5 Å². The van der Waals surface area contributed by atoms with Crippen LogP contribution in [0.25, 0.3) is 0 Å². The fourth-order valence-electron chi connectivity index (χ4n) is 1.14. The minimum Gasteiger partial charge on any atom is -0.490 e. The van der Waals surface area contributed by atoms with Gasteiger partial charge in [0.15, 0.2) is 0 Å². The molecule has 0 atom stereocenters. The molecule has 0 aliphatic carbocycles. The molecule has 1 heterocycles. The van der Waals surface area contributed by atoms with Crippen molar-refractivity contribution in [3.05, 3.63) is 11.8 Å². The maximum Gasteiger partial charge on any atom is 0.258 e. The van der Waals surface area contributed by atoms with Crippen molar-refractivity contribution in [2.24, 2.45) is 5.14 Å². The van der Waals surface area contributed by atoms with Crippen molar-refractivity contribution in [2.75, 3.05) is 14.2 Å². The lowest BCUT2D eigenvalue weighted by Gasteiger charge is -2.10. The molecule has 0 amide bonds. The molecule has 84 valence electrons. The van der Waals surface area contributed by atoms with E-state index in [0.717, 1.165) is 0 Å². The minimum absolute atomic E-state index is 0.0191. The number of hydrogen-bond donors (Lipinski definition) is 1. The molecule has 0 bridgehead atoms. The van der Waals surface area contributed by atoms with Gasteiger partial charge in [-0.2, -0.15) is 0 Å². The molecule has 1 rings (SSSR count). The van der Waals surface area contributed by atoms with Crippen LogP contribution in [0.15, 0.2) is 11.0 Å². The molecule has 0 fully saturated rings. The molecular weight excluding hydrogens is 220 g/mol. The van der Waals surface area contributed by atoms with Gasteiger partial charge in [-0.25, -0.2) is 18.5 Å². The molecule has 0 saturated carbocycles. The number of ether oxygens (including phenoxy) is 2. The van der Waals surface area contributed by atoms with E-state index in [0.29, 0.717) is 5.69 Å². The second kappa shape index (κ2) is 4.03. The number of pyridine rings is 1. The van der Waals surface area contributed by atoms with Crippen molar-refractivity contribution in [1.29, 1.82) is 0 Å². The molecule has 0 aromatic carbocycles. The fraction of sp³-hybridized carbons (Fsp3) is 0.375. The molecule has 2 N–H and O–H groups in total. The predicted molar refractivity (Wildman–Crippen MR) is 53.5 cm³/mol. The van der Waals surface area contributed by atoms with Gasteiger partial charge < -0.3 is 9.47 Å². The Labute approximate surface area is 88.1 Å². The highest BCUT2D eigenvalue weighted by Gasteiger charge is 2.20. The van der Waals surface area contributed by atoms with E-state index >= 15 is 0 Å². The fourth-order valence-corrected chi connectivity index (χ4v) is 1.91. The van der Waals surface area contributed by atoms with Gasteiger partial charge >= 0.3 is 0 Å². The Morgan fingerprint density at radius 1 is 1.33 bits per heavy atom. The smallest absolute Gasteiger partial charge is 0.258 e. The summed E-state index contributed by atoms with van der Waals surface area (Å²) in [5, 5.41) is 5.03. The van der Waals surface area contributed by atoms with Crippen LogP contribution >= 0.6 is 0 Å². The summed E-state index contributed by atoms with van der Waals surface area (Å²) in [6.07, 6.45) is 0. The first-order valence-electron chi connectivity index (χ1n) is 4.02. The largest absolute Gasteiger partial charge is 0.490 e. The monoisotopic (exact) mass is 232 g/mol. The van der Waals surface area contributed by atoms with E-state index in [1.165, 1.54) is 20.3 Å².